The molecule has 0 bridgehead atoms. The van der Waals surface area contributed by atoms with Crippen LogP contribution in [0.1, 0.15) is 21.5 Å². The average molecular weight is 370 g/mol. The van der Waals surface area contributed by atoms with Crippen molar-refractivity contribution in [2.45, 2.75) is 6.42 Å². The molecule has 0 spiro atoms. The number of halogens is 2. The van der Waals surface area contributed by atoms with Crippen LogP contribution in [0.3, 0.4) is 0 Å². The van der Waals surface area contributed by atoms with E-state index >= 15 is 0 Å². The third-order valence-electron chi connectivity index (χ3n) is 2.61. The molecular weight excluding hydrogens is 360 g/mol. The molecular formula is C14H10Br2O2. The first-order valence-corrected chi connectivity index (χ1v) is 6.91. The summed E-state index contributed by atoms with van der Waals surface area (Å²) >= 11 is 6.67. The Labute approximate surface area is 122 Å². The fraction of sp³-hybridized carbons (Fsp3) is 0.0714. The minimum atomic E-state index is -0.900. The molecule has 2 rings (SSSR count). The van der Waals surface area contributed by atoms with Gasteiger partial charge in [-0.3, -0.25) is 0 Å². The van der Waals surface area contributed by atoms with E-state index in [0.717, 1.165) is 20.1 Å². The SMILES string of the molecule is O=C(O)c1cc(Br)ccc1Cc1ccc(Br)cc1. The highest BCUT2D eigenvalue weighted by molar-refractivity contribution is 9.10. The number of carbonyl (C=O) groups is 1. The quantitative estimate of drug-likeness (QED) is 0.864. The number of hydrogen-bond donors (Lipinski definition) is 1. The zero-order valence-electron chi connectivity index (χ0n) is 9.36. The van der Waals surface area contributed by atoms with Crippen molar-refractivity contribution in [1.29, 1.82) is 0 Å². The highest BCUT2D eigenvalue weighted by Gasteiger charge is 2.10. The number of hydrogen-bond acceptors (Lipinski definition) is 1. The summed E-state index contributed by atoms with van der Waals surface area (Å²) in [6, 6.07) is 13.2. The maximum Gasteiger partial charge on any atom is 0.336 e. The van der Waals surface area contributed by atoms with Crippen molar-refractivity contribution in [2.24, 2.45) is 0 Å². The molecule has 92 valence electrons. The lowest BCUT2D eigenvalue weighted by Crippen LogP contribution is -2.03. The first-order chi connectivity index (χ1) is 8.56. The van der Waals surface area contributed by atoms with Gasteiger partial charge in [0.1, 0.15) is 0 Å². The Kier molecular flexibility index (Phi) is 4.19. The lowest BCUT2D eigenvalue weighted by atomic mass is 10.00. The topological polar surface area (TPSA) is 37.3 Å². The molecule has 18 heavy (non-hydrogen) atoms. The smallest absolute Gasteiger partial charge is 0.336 e. The Morgan fingerprint density at radius 1 is 1.00 bits per heavy atom. The zero-order chi connectivity index (χ0) is 13.1. The summed E-state index contributed by atoms with van der Waals surface area (Å²) in [6.07, 6.45) is 0.613. The van der Waals surface area contributed by atoms with Crippen LogP contribution >= 0.6 is 31.9 Å². The van der Waals surface area contributed by atoms with Gasteiger partial charge >= 0.3 is 5.97 Å². The van der Waals surface area contributed by atoms with E-state index in [9.17, 15) is 9.90 Å². The molecule has 2 aromatic rings. The van der Waals surface area contributed by atoms with E-state index in [-0.39, 0.29) is 0 Å². The Morgan fingerprint density at radius 3 is 2.22 bits per heavy atom. The predicted molar refractivity (Wildman–Crippen MR) is 78.0 cm³/mol. The van der Waals surface area contributed by atoms with Crippen molar-refractivity contribution in [1.82, 2.24) is 0 Å². The van der Waals surface area contributed by atoms with E-state index in [1.807, 2.05) is 36.4 Å². The lowest BCUT2D eigenvalue weighted by Gasteiger charge is -2.07. The van der Waals surface area contributed by atoms with Crippen LogP contribution < -0.4 is 0 Å². The van der Waals surface area contributed by atoms with Gasteiger partial charge in [-0.15, -0.1) is 0 Å². The molecule has 2 nitrogen and oxygen atoms in total. The number of benzene rings is 2. The van der Waals surface area contributed by atoms with Crippen molar-refractivity contribution in [2.75, 3.05) is 0 Å². The third-order valence-corrected chi connectivity index (χ3v) is 3.63. The van der Waals surface area contributed by atoms with Crippen LogP contribution in [-0.2, 0) is 6.42 Å². The molecule has 0 unspecified atom stereocenters. The lowest BCUT2D eigenvalue weighted by molar-refractivity contribution is 0.0696. The van der Waals surface area contributed by atoms with Gasteiger partial charge in [-0.25, -0.2) is 4.79 Å². The van der Waals surface area contributed by atoms with E-state index < -0.39 is 5.97 Å². The van der Waals surface area contributed by atoms with Crippen LogP contribution in [0, 0.1) is 0 Å². The van der Waals surface area contributed by atoms with Gasteiger partial charge in [0.05, 0.1) is 5.56 Å². The van der Waals surface area contributed by atoms with Gasteiger partial charge in [-0.1, -0.05) is 50.1 Å². The maximum atomic E-state index is 11.2. The molecule has 1 N–H and O–H groups in total. The Balaban J connectivity index is 2.34. The number of carboxylic acid groups (broad SMARTS) is 1. The molecule has 4 heteroatoms. The van der Waals surface area contributed by atoms with Gasteiger partial charge in [0.2, 0.25) is 0 Å². The molecule has 0 amide bonds. The molecule has 0 saturated heterocycles. The molecule has 0 aliphatic heterocycles. The van der Waals surface area contributed by atoms with Gasteiger partial charge in [-0.05, 0) is 41.8 Å². The van der Waals surface area contributed by atoms with Crippen LogP contribution in [0.25, 0.3) is 0 Å². The highest BCUT2D eigenvalue weighted by Crippen LogP contribution is 2.20. The summed E-state index contributed by atoms with van der Waals surface area (Å²) in [7, 11) is 0. The van der Waals surface area contributed by atoms with Crippen LogP contribution in [0.5, 0.6) is 0 Å². The summed E-state index contributed by atoms with van der Waals surface area (Å²) in [6.45, 7) is 0. The van der Waals surface area contributed by atoms with Gasteiger partial charge < -0.3 is 5.11 Å². The summed E-state index contributed by atoms with van der Waals surface area (Å²) in [5.74, 6) is -0.900. The van der Waals surface area contributed by atoms with Crippen LogP contribution in [0.4, 0.5) is 0 Å². The second kappa shape index (κ2) is 5.67. The normalized spacial score (nSPS) is 10.3. The molecule has 0 fully saturated rings. The summed E-state index contributed by atoms with van der Waals surface area (Å²) in [4.78, 5) is 11.2. The fourth-order valence-electron chi connectivity index (χ4n) is 1.72. The Hall–Kier alpha value is -1.13. The molecule has 0 atom stereocenters. The molecule has 0 radical (unpaired) electrons. The van der Waals surface area contributed by atoms with Gasteiger partial charge in [0.15, 0.2) is 0 Å². The van der Waals surface area contributed by atoms with E-state index in [4.69, 9.17) is 0 Å². The van der Waals surface area contributed by atoms with Crippen LogP contribution in [0.2, 0.25) is 0 Å². The molecule has 0 aliphatic rings. The number of rotatable bonds is 3. The zero-order valence-corrected chi connectivity index (χ0v) is 12.5. The van der Waals surface area contributed by atoms with Crippen LogP contribution in [-0.4, -0.2) is 11.1 Å². The van der Waals surface area contributed by atoms with E-state index in [0.29, 0.717) is 12.0 Å². The fourth-order valence-corrected chi connectivity index (χ4v) is 2.35. The van der Waals surface area contributed by atoms with Crippen molar-refractivity contribution in [3.63, 3.8) is 0 Å². The van der Waals surface area contributed by atoms with Gasteiger partial charge in [-0.2, -0.15) is 0 Å². The second-order valence-corrected chi connectivity index (χ2v) is 5.74. The standard InChI is InChI=1S/C14H10Br2O2/c15-11-4-1-9(2-5-11)7-10-3-6-12(16)8-13(10)14(17)18/h1-6,8H,7H2,(H,17,18). The van der Waals surface area contributed by atoms with Gasteiger partial charge in [0, 0.05) is 8.95 Å². The Morgan fingerprint density at radius 2 is 1.61 bits per heavy atom. The minimum Gasteiger partial charge on any atom is -0.478 e. The second-order valence-electron chi connectivity index (χ2n) is 3.91. The van der Waals surface area contributed by atoms with Crippen LogP contribution in [0.15, 0.2) is 51.4 Å². The van der Waals surface area contributed by atoms with E-state index in [2.05, 4.69) is 31.9 Å². The Bertz CT molecular complexity index is 577. The average Bonchev–Trinajstić information content (AvgIpc) is 2.34. The van der Waals surface area contributed by atoms with Crippen molar-refractivity contribution < 1.29 is 9.90 Å². The maximum absolute atomic E-state index is 11.2. The monoisotopic (exact) mass is 368 g/mol. The first kappa shape index (κ1) is 13.3. The van der Waals surface area contributed by atoms with Crippen molar-refractivity contribution in [3.8, 4) is 0 Å². The number of carboxylic acids is 1. The van der Waals surface area contributed by atoms with Gasteiger partial charge in [0.25, 0.3) is 0 Å². The van der Waals surface area contributed by atoms with E-state index in [1.54, 1.807) is 6.07 Å². The summed E-state index contributed by atoms with van der Waals surface area (Å²) in [5.41, 5.74) is 2.24. The molecule has 0 heterocycles. The highest BCUT2D eigenvalue weighted by atomic mass is 79.9. The molecule has 0 aliphatic carbocycles. The molecule has 0 saturated carbocycles. The summed E-state index contributed by atoms with van der Waals surface area (Å²) < 4.78 is 1.79. The molecule has 2 aromatic carbocycles. The summed E-state index contributed by atoms with van der Waals surface area (Å²) in [5, 5.41) is 9.18. The van der Waals surface area contributed by atoms with Crippen molar-refractivity contribution in [3.05, 3.63) is 68.1 Å². The first-order valence-electron chi connectivity index (χ1n) is 5.32. The molecule has 0 aromatic heterocycles. The third kappa shape index (κ3) is 3.21. The number of aromatic carboxylic acids is 1. The van der Waals surface area contributed by atoms with Crippen molar-refractivity contribution >= 4 is 37.8 Å². The largest absolute Gasteiger partial charge is 0.478 e. The minimum absolute atomic E-state index is 0.340. The van der Waals surface area contributed by atoms with E-state index in [1.165, 1.54) is 0 Å². The predicted octanol–water partition coefficient (Wildman–Crippen LogP) is 4.50.